The fourth-order valence-corrected chi connectivity index (χ4v) is 4.70. The van der Waals surface area contributed by atoms with Crippen molar-refractivity contribution in [2.45, 2.75) is 51.6 Å². The molecule has 0 saturated carbocycles. The van der Waals surface area contributed by atoms with Crippen LogP contribution in [0.1, 0.15) is 50.8 Å². The number of hydrogen-bond acceptors (Lipinski definition) is 5. The van der Waals surface area contributed by atoms with Crippen molar-refractivity contribution in [3.8, 4) is 22.8 Å². The first-order chi connectivity index (χ1) is 18.2. The molecular formula is C30H34N5O2S+. The molecule has 4 aromatic rings. The Bertz CT molecular complexity index is 1420. The monoisotopic (exact) mass is 528 g/mol. The second kappa shape index (κ2) is 11.6. The van der Waals surface area contributed by atoms with Crippen molar-refractivity contribution in [2.75, 3.05) is 5.75 Å². The van der Waals surface area contributed by atoms with Crippen molar-refractivity contribution in [1.82, 2.24) is 15.6 Å². The third kappa shape index (κ3) is 6.50. The Morgan fingerprint density at radius 3 is 2.29 bits per heavy atom. The number of nitrogens with zero attached hydrogens (tertiary/aromatic N) is 3. The number of hydrogen-bond donors (Lipinski definition) is 3. The summed E-state index contributed by atoms with van der Waals surface area (Å²) >= 11 is 1.34. The summed E-state index contributed by atoms with van der Waals surface area (Å²) in [5.74, 6) is 0.954. The zero-order valence-corrected chi connectivity index (χ0v) is 23.3. The van der Waals surface area contributed by atoms with Gasteiger partial charge in [0.25, 0.3) is 11.7 Å². The number of rotatable bonds is 8. The van der Waals surface area contributed by atoms with E-state index in [0.717, 1.165) is 28.4 Å². The number of aromatic hydroxyl groups is 1. The molecule has 38 heavy (non-hydrogen) atoms. The summed E-state index contributed by atoms with van der Waals surface area (Å²) < 4.78 is 2.04. The summed E-state index contributed by atoms with van der Waals surface area (Å²) in [6.45, 7) is 10.6. The molecule has 0 radical (unpaired) electrons. The smallest absolute Gasteiger partial charge is 0.342 e. The van der Waals surface area contributed by atoms with Crippen LogP contribution in [0.15, 0.2) is 83.1 Å². The second-order valence-electron chi connectivity index (χ2n) is 10.1. The average molecular weight is 529 g/mol. The number of amides is 1. The minimum atomic E-state index is -0.228. The number of thioether (sulfide) groups is 1. The molecule has 0 bridgehead atoms. The van der Waals surface area contributed by atoms with Crippen molar-refractivity contribution in [1.29, 1.82) is 0 Å². The second-order valence-corrected chi connectivity index (χ2v) is 11.1. The van der Waals surface area contributed by atoms with Crippen LogP contribution in [0.2, 0.25) is 0 Å². The van der Waals surface area contributed by atoms with Gasteiger partial charge in [-0.1, -0.05) is 57.5 Å². The molecule has 8 heteroatoms. The van der Waals surface area contributed by atoms with Gasteiger partial charge in [-0.3, -0.25) is 4.79 Å². The predicted molar refractivity (Wildman–Crippen MR) is 153 cm³/mol. The van der Waals surface area contributed by atoms with Gasteiger partial charge >= 0.3 is 5.16 Å². The van der Waals surface area contributed by atoms with Crippen molar-refractivity contribution in [3.63, 3.8) is 0 Å². The number of benzene rings is 3. The molecule has 0 saturated heterocycles. The highest BCUT2D eigenvalue weighted by Gasteiger charge is 2.25. The summed E-state index contributed by atoms with van der Waals surface area (Å²) in [5, 5.41) is 22.3. The van der Waals surface area contributed by atoms with Gasteiger partial charge in [-0.2, -0.15) is 9.67 Å². The van der Waals surface area contributed by atoms with Crippen LogP contribution in [-0.2, 0) is 10.2 Å². The van der Waals surface area contributed by atoms with Gasteiger partial charge in [0.05, 0.1) is 22.1 Å². The van der Waals surface area contributed by atoms with Crippen molar-refractivity contribution in [3.05, 3.63) is 89.5 Å². The number of aromatic nitrogens is 3. The molecule has 0 aliphatic carbocycles. The average Bonchev–Trinajstić information content (AvgIpc) is 3.32. The van der Waals surface area contributed by atoms with E-state index in [1.165, 1.54) is 22.9 Å². The minimum absolute atomic E-state index is 0.0657. The number of carbonyl (C=O) groups is 1. The first-order valence-electron chi connectivity index (χ1n) is 12.6. The number of carbonyl (C=O) groups excluding carboxylic acids is 1. The van der Waals surface area contributed by atoms with E-state index in [4.69, 9.17) is 0 Å². The lowest BCUT2D eigenvalue weighted by Gasteiger charge is -2.18. The summed E-state index contributed by atoms with van der Waals surface area (Å²) in [7, 11) is 0. The number of nitrogens with one attached hydrogen (secondary N) is 2. The number of H-pyrrole nitrogens is 1. The molecule has 0 atom stereocenters. The van der Waals surface area contributed by atoms with Gasteiger partial charge in [0.15, 0.2) is 0 Å². The van der Waals surface area contributed by atoms with E-state index < -0.39 is 0 Å². The summed E-state index contributed by atoms with van der Waals surface area (Å²) in [5.41, 5.74) is 8.71. The predicted octanol–water partition coefficient (Wildman–Crippen LogP) is 5.69. The third-order valence-corrected chi connectivity index (χ3v) is 7.11. The largest absolute Gasteiger partial charge is 0.508 e. The molecular weight excluding hydrogens is 494 g/mol. The quantitative estimate of drug-likeness (QED) is 0.119. The summed E-state index contributed by atoms with van der Waals surface area (Å²) in [6, 6.07) is 23.5. The molecule has 196 valence electrons. The van der Waals surface area contributed by atoms with Gasteiger partial charge < -0.3 is 5.11 Å². The van der Waals surface area contributed by atoms with Crippen molar-refractivity contribution >= 4 is 23.4 Å². The highest BCUT2D eigenvalue weighted by Crippen LogP contribution is 2.26. The molecule has 0 unspecified atom stereocenters. The van der Waals surface area contributed by atoms with Gasteiger partial charge in [0.1, 0.15) is 11.4 Å². The van der Waals surface area contributed by atoms with E-state index in [1.807, 2.05) is 11.5 Å². The van der Waals surface area contributed by atoms with Crippen LogP contribution in [0.3, 0.4) is 0 Å². The Kier molecular flexibility index (Phi) is 8.32. The summed E-state index contributed by atoms with van der Waals surface area (Å²) in [6.07, 6.45) is 0.641. The fourth-order valence-electron chi connectivity index (χ4n) is 3.94. The molecule has 4 rings (SSSR count). The topological polar surface area (TPSA) is 94.2 Å². The van der Waals surface area contributed by atoms with E-state index in [9.17, 15) is 9.90 Å². The van der Waals surface area contributed by atoms with E-state index in [-0.39, 0.29) is 22.8 Å². The standard InChI is InChI=1S/C30H33N5O2S/c1-6-26(21-11-17-25(36)18-12-21)31-32-27(37)19-38-29-34-33-28(35(29)24-15-7-20(2)8-16-24)22-9-13-23(14-10-22)30(3,4)5/h7-18H,6,19H2,1-5H3,(H2,31,32,36,37)/p+1. The number of aromatic amines is 1. The van der Waals surface area contributed by atoms with Crippen LogP contribution in [0.5, 0.6) is 5.75 Å². The minimum Gasteiger partial charge on any atom is -0.508 e. The number of phenols is 1. The first-order valence-corrected chi connectivity index (χ1v) is 13.6. The Morgan fingerprint density at radius 2 is 1.68 bits per heavy atom. The molecule has 1 amide bonds. The highest BCUT2D eigenvalue weighted by atomic mass is 32.2. The van der Waals surface area contributed by atoms with Gasteiger partial charge in [0, 0.05) is 0 Å². The maximum Gasteiger partial charge on any atom is 0.342 e. The van der Waals surface area contributed by atoms with E-state index in [0.29, 0.717) is 11.6 Å². The molecule has 0 spiro atoms. The van der Waals surface area contributed by atoms with Crippen molar-refractivity contribution < 1.29 is 14.5 Å². The molecule has 0 aliphatic heterocycles. The van der Waals surface area contributed by atoms with Crippen LogP contribution >= 0.6 is 11.8 Å². The summed E-state index contributed by atoms with van der Waals surface area (Å²) in [4.78, 5) is 12.7. The Hall–Kier alpha value is -3.91. The van der Waals surface area contributed by atoms with Crippen LogP contribution in [-0.4, -0.2) is 32.7 Å². The van der Waals surface area contributed by atoms with Crippen molar-refractivity contribution in [2.24, 2.45) is 5.10 Å². The maximum atomic E-state index is 12.7. The third-order valence-electron chi connectivity index (χ3n) is 6.17. The van der Waals surface area contributed by atoms with Crippen LogP contribution in [0.25, 0.3) is 17.1 Å². The lowest BCUT2D eigenvalue weighted by atomic mass is 9.87. The van der Waals surface area contributed by atoms with E-state index in [2.05, 4.69) is 97.0 Å². The SMILES string of the molecule is CCC(=NNC(=O)CSc1n[nH]c(-c2ccc(C(C)(C)C)cc2)[n+]1-c1ccc(C)cc1)c1ccc(O)cc1. The first kappa shape index (κ1) is 27.1. The Labute approximate surface area is 228 Å². The Morgan fingerprint density at radius 1 is 1.03 bits per heavy atom. The van der Waals surface area contributed by atoms with Gasteiger partial charge in [-0.05, 0) is 90.2 Å². The molecule has 0 fully saturated rings. The molecule has 7 nitrogen and oxygen atoms in total. The van der Waals surface area contributed by atoms with Gasteiger partial charge in [-0.15, -0.1) is 5.10 Å². The molecule has 0 aliphatic rings. The zero-order valence-electron chi connectivity index (χ0n) is 22.4. The molecule has 3 aromatic carbocycles. The molecule has 3 N–H and O–H groups in total. The van der Waals surface area contributed by atoms with E-state index >= 15 is 0 Å². The normalized spacial score (nSPS) is 12.0. The zero-order chi connectivity index (χ0) is 27.3. The van der Waals surface area contributed by atoms with Gasteiger partial charge in [-0.25, -0.2) is 5.43 Å². The van der Waals surface area contributed by atoms with Crippen LogP contribution < -0.4 is 9.99 Å². The Balaban J connectivity index is 1.56. The molecule has 1 aromatic heterocycles. The number of phenolic OH excluding ortho intramolecular Hbond substituents is 1. The van der Waals surface area contributed by atoms with E-state index in [1.54, 1.807) is 24.3 Å². The van der Waals surface area contributed by atoms with Crippen LogP contribution in [0, 0.1) is 6.92 Å². The maximum absolute atomic E-state index is 12.7. The number of aryl methyl sites for hydroxylation is 1. The van der Waals surface area contributed by atoms with Crippen LogP contribution in [0.4, 0.5) is 0 Å². The fraction of sp³-hybridized carbons (Fsp3) is 0.267. The van der Waals surface area contributed by atoms with Gasteiger partial charge in [0.2, 0.25) is 0 Å². The lowest BCUT2D eigenvalue weighted by molar-refractivity contribution is -0.625. The molecule has 1 heterocycles. The highest BCUT2D eigenvalue weighted by molar-refractivity contribution is 7.99. The number of hydrazone groups is 1. The lowest BCUT2D eigenvalue weighted by Crippen LogP contribution is -2.34.